The second-order valence-electron chi connectivity index (χ2n) is 1.81. The molecular formula is C6H14N2S. The summed E-state index contributed by atoms with van der Waals surface area (Å²) in [6.07, 6.45) is 2.34. The smallest absolute Gasteiger partial charge is 0.0686 e. The normalized spacial score (nSPS) is 10.9. The van der Waals surface area contributed by atoms with Gasteiger partial charge in [-0.25, -0.2) is 0 Å². The summed E-state index contributed by atoms with van der Waals surface area (Å²) in [5.41, 5.74) is 0. The van der Waals surface area contributed by atoms with Crippen LogP contribution in [0.5, 0.6) is 0 Å². The van der Waals surface area contributed by atoms with Gasteiger partial charge in [-0.05, 0) is 6.42 Å². The minimum absolute atomic E-state index is 0.757. The predicted octanol–water partition coefficient (Wildman–Crippen LogP) is 2.17. The molecule has 0 amide bonds. The van der Waals surface area contributed by atoms with Crippen LogP contribution in [0, 0.1) is 0 Å². The van der Waals surface area contributed by atoms with Gasteiger partial charge in [0.1, 0.15) is 0 Å². The van der Waals surface area contributed by atoms with E-state index < -0.39 is 0 Å². The number of rotatable bonds is 5. The van der Waals surface area contributed by atoms with E-state index in [-0.39, 0.29) is 0 Å². The lowest BCUT2D eigenvalue weighted by Crippen LogP contribution is -1.80. The van der Waals surface area contributed by atoms with Crippen LogP contribution in [0.15, 0.2) is 10.2 Å². The van der Waals surface area contributed by atoms with Crippen LogP contribution in [0.25, 0.3) is 0 Å². The average molecular weight is 146 g/mol. The summed E-state index contributed by atoms with van der Waals surface area (Å²) in [5, 5.41) is 7.80. The number of azo groups is 1. The molecule has 0 aromatic carbocycles. The highest BCUT2D eigenvalue weighted by Gasteiger charge is 1.77. The second kappa shape index (κ2) is 7.95. The summed E-state index contributed by atoms with van der Waals surface area (Å²) < 4.78 is 0. The quantitative estimate of drug-likeness (QED) is 0.349. The van der Waals surface area contributed by atoms with E-state index in [0.717, 1.165) is 25.3 Å². The molecule has 0 aliphatic heterocycles. The molecule has 0 atom stereocenters. The van der Waals surface area contributed by atoms with Crippen molar-refractivity contribution in [3.63, 3.8) is 0 Å². The van der Waals surface area contributed by atoms with Gasteiger partial charge in [0.05, 0.1) is 13.1 Å². The molecule has 0 saturated carbocycles. The molecule has 0 aliphatic rings. The third-order valence-electron chi connectivity index (χ3n) is 0.912. The van der Waals surface area contributed by atoms with Gasteiger partial charge in [-0.3, -0.25) is 0 Å². The molecule has 3 heteroatoms. The summed E-state index contributed by atoms with van der Waals surface area (Å²) in [5.74, 6) is 0.801. The zero-order valence-corrected chi connectivity index (χ0v) is 6.77. The average Bonchev–Trinajstić information content (AvgIpc) is 1.89. The van der Waals surface area contributed by atoms with Gasteiger partial charge in [-0.15, -0.1) is 0 Å². The largest absolute Gasteiger partial charge is 0.194 e. The van der Waals surface area contributed by atoms with Crippen molar-refractivity contribution in [1.82, 2.24) is 0 Å². The highest BCUT2D eigenvalue weighted by Crippen LogP contribution is 1.87. The van der Waals surface area contributed by atoms with Crippen molar-refractivity contribution in [1.29, 1.82) is 0 Å². The van der Waals surface area contributed by atoms with E-state index >= 15 is 0 Å². The third kappa shape index (κ3) is 7.95. The van der Waals surface area contributed by atoms with E-state index in [2.05, 4.69) is 29.8 Å². The molecule has 0 fully saturated rings. The fourth-order valence-electron chi connectivity index (χ4n) is 0.415. The van der Waals surface area contributed by atoms with E-state index in [1.807, 2.05) is 0 Å². The number of unbranched alkanes of at least 4 members (excludes halogenated alkanes) is 1. The summed E-state index contributed by atoms with van der Waals surface area (Å²) >= 11 is 3.99. The molecule has 0 heterocycles. The zero-order chi connectivity index (χ0) is 6.95. The van der Waals surface area contributed by atoms with E-state index in [1.54, 1.807) is 0 Å². The first kappa shape index (κ1) is 8.95. The molecule has 0 N–H and O–H groups in total. The minimum atomic E-state index is 0.757. The molecule has 0 aromatic heterocycles. The Labute approximate surface area is 62.2 Å². The van der Waals surface area contributed by atoms with Crippen molar-refractivity contribution in [2.75, 3.05) is 18.8 Å². The standard InChI is InChI=1S/C6H14N2S/c1-2-3-4-7-8-5-6-9/h9H,2-6H2,1H3/b8-7+. The molecule has 2 nitrogen and oxygen atoms in total. The van der Waals surface area contributed by atoms with E-state index in [1.165, 1.54) is 6.42 Å². The molecule has 0 aromatic rings. The monoisotopic (exact) mass is 146 g/mol. The van der Waals surface area contributed by atoms with Crippen molar-refractivity contribution in [3.8, 4) is 0 Å². The first-order valence-corrected chi connectivity index (χ1v) is 3.99. The summed E-state index contributed by atoms with van der Waals surface area (Å²) in [6.45, 7) is 3.78. The van der Waals surface area contributed by atoms with Crippen LogP contribution < -0.4 is 0 Å². The Hall–Kier alpha value is -0.0500. The maximum absolute atomic E-state index is 3.99. The summed E-state index contributed by atoms with van der Waals surface area (Å²) in [7, 11) is 0. The lowest BCUT2D eigenvalue weighted by atomic mass is 10.3. The van der Waals surface area contributed by atoms with E-state index in [4.69, 9.17) is 0 Å². The van der Waals surface area contributed by atoms with Gasteiger partial charge in [0.2, 0.25) is 0 Å². The van der Waals surface area contributed by atoms with Crippen LogP contribution in [-0.2, 0) is 0 Å². The van der Waals surface area contributed by atoms with Gasteiger partial charge >= 0.3 is 0 Å². The van der Waals surface area contributed by atoms with Crippen molar-refractivity contribution in [2.24, 2.45) is 10.2 Å². The Morgan fingerprint density at radius 1 is 1.22 bits per heavy atom. The fraction of sp³-hybridized carbons (Fsp3) is 1.00. The van der Waals surface area contributed by atoms with Crippen LogP contribution >= 0.6 is 12.6 Å². The van der Waals surface area contributed by atoms with Gasteiger partial charge in [0.15, 0.2) is 0 Å². The van der Waals surface area contributed by atoms with Gasteiger partial charge in [-0.1, -0.05) is 13.3 Å². The van der Waals surface area contributed by atoms with Gasteiger partial charge < -0.3 is 0 Å². The first-order valence-electron chi connectivity index (χ1n) is 3.36. The van der Waals surface area contributed by atoms with Crippen LogP contribution in [0.3, 0.4) is 0 Å². The molecule has 0 saturated heterocycles. The van der Waals surface area contributed by atoms with Crippen LogP contribution in [0.1, 0.15) is 19.8 Å². The highest BCUT2D eigenvalue weighted by atomic mass is 32.1. The Balaban J connectivity index is 2.86. The van der Waals surface area contributed by atoms with Crippen molar-refractivity contribution in [2.45, 2.75) is 19.8 Å². The van der Waals surface area contributed by atoms with Crippen LogP contribution in [-0.4, -0.2) is 18.8 Å². The number of hydrogen-bond acceptors (Lipinski definition) is 3. The maximum Gasteiger partial charge on any atom is 0.0686 e. The van der Waals surface area contributed by atoms with Crippen molar-refractivity contribution >= 4 is 12.6 Å². The summed E-state index contributed by atoms with van der Waals surface area (Å²) in [6, 6.07) is 0. The molecular weight excluding hydrogens is 132 g/mol. The van der Waals surface area contributed by atoms with Crippen LogP contribution in [0.4, 0.5) is 0 Å². The molecule has 0 spiro atoms. The highest BCUT2D eigenvalue weighted by molar-refractivity contribution is 7.80. The van der Waals surface area contributed by atoms with Gasteiger partial charge in [0, 0.05) is 5.75 Å². The van der Waals surface area contributed by atoms with Crippen molar-refractivity contribution < 1.29 is 0 Å². The Bertz CT molecular complexity index is 73.5. The topological polar surface area (TPSA) is 24.7 Å². The Morgan fingerprint density at radius 3 is 2.44 bits per heavy atom. The second-order valence-corrected chi connectivity index (χ2v) is 2.25. The molecule has 0 aliphatic carbocycles. The molecule has 0 bridgehead atoms. The first-order chi connectivity index (χ1) is 4.41. The van der Waals surface area contributed by atoms with Gasteiger partial charge in [-0.2, -0.15) is 22.9 Å². The molecule has 54 valence electrons. The molecule has 0 rings (SSSR count). The predicted molar refractivity (Wildman–Crippen MR) is 43.4 cm³/mol. The maximum atomic E-state index is 3.99. The zero-order valence-electron chi connectivity index (χ0n) is 5.88. The lowest BCUT2D eigenvalue weighted by Gasteiger charge is -1.86. The number of thiol groups is 1. The minimum Gasteiger partial charge on any atom is -0.194 e. The van der Waals surface area contributed by atoms with Gasteiger partial charge in [0.25, 0.3) is 0 Å². The number of hydrogen-bond donors (Lipinski definition) is 1. The van der Waals surface area contributed by atoms with E-state index in [0.29, 0.717) is 0 Å². The fourth-order valence-corrected chi connectivity index (χ4v) is 0.504. The molecule has 0 unspecified atom stereocenters. The van der Waals surface area contributed by atoms with E-state index in [9.17, 15) is 0 Å². The van der Waals surface area contributed by atoms with Crippen LogP contribution in [0.2, 0.25) is 0 Å². The van der Waals surface area contributed by atoms with Crippen molar-refractivity contribution in [3.05, 3.63) is 0 Å². The number of nitrogens with zero attached hydrogens (tertiary/aromatic N) is 2. The summed E-state index contributed by atoms with van der Waals surface area (Å²) in [4.78, 5) is 0. The Kier molecular flexibility index (Phi) is 7.91. The molecule has 9 heavy (non-hydrogen) atoms. The SMILES string of the molecule is CCCC/N=N/CCS. The third-order valence-corrected chi connectivity index (χ3v) is 1.11. The molecule has 0 radical (unpaired) electrons. The lowest BCUT2D eigenvalue weighted by molar-refractivity contribution is 0.761. The Morgan fingerprint density at radius 2 is 1.89 bits per heavy atom.